The van der Waals surface area contributed by atoms with Gasteiger partial charge >= 0.3 is 0 Å². The van der Waals surface area contributed by atoms with Gasteiger partial charge in [-0.25, -0.2) is 8.42 Å². The van der Waals surface area contributed by atoms with E-state index in [1.54, 1.807) is 0 Å². The smallest absolute Gasteiger partial charge is 0.148 e. The van der Waals surface area contributed by atoms with Crippen LogP contribution in [0, 0.1) is 11.3 Å². The van der Waals surface area contributed by atoms with Crippen molar-refractivity contribution in [1.82, 2.24) is 10.1 Å². The van der Waals surface area contributed by atoms with Gasteiger partial charge in [-0.05, 0) is 30.7 Å². The molecule has 5 nitrogen and oxygen atoms in total. The minimum absolute atomic E-state index is 0.0121. The first-order valence-electron chi connectivity index (χ1n) is 7.96. The van der Waals surface area contributed by atoms with Crippen LogP contribution in [0.25, 0.3) is 0 Å². The number of rotatable bonds is 3. The lowest BCUT2D eigenvalue weighted by molar-refractivity contribution is -0.0137. The fourth-order valence-electron chi connectivity index (χ4n) is 4.77. The van der Waals surface area contributed by atoms with Gasteiger partial charge in [0.15, 0.2) is 0 Å². The Bertz CT molecular complexity index is 665. The highest BCUT2D eigenvalue weighted by molar-refractivity contribution is 7.90. The Morgan fingerprint density at radius 3 is 2.82 bits per heavy atom. The topological polar surface area (TPSA) is 63.4 Å². The van der Waals surface area contributed by atoms with E-state index in [0.717, 1.165) is 31.7 Å². The second kappa shape index (κ2) is 5.06. The van der Waals surface area contributed by atoms with E-state index in [-0.39, 0.29) is 16.6 Å². The summed E-state index contributed by atoms with van der Waals surface area (Å²) in [5, 5.41) is 4.01. The van der Waals surface area contributed by atoms with Crippen LogP contribution in [-0.4, -0.2) is 50.1 Å². The number of aromatic nitrogens is 1. The summed E-state index contributed by atoms with van der Waals surface area (Å²) in [6.07, 6.45) is 5.21. The van der Waals surface area contributed by atoms with E-state index in [1.165, 1.54) is 11.8 Å². The molecule has 0 N–H and O–H groups in total. The fraction of sp³-hybridized carbons (Fsp3) is 0.812. The number of nitrogens with zero attached hydrogens (tertiary/aromatic N) is 2. The van der Waals surface area contributed by atoms with Gasteiger partial charge in [-0.1, -0.05) is 25.9 Å². The monoisotopic (exact) mass is 326 g/mol. The van der Waals surface area contributed by atoms with E-state index < -0.39 is 9.84 Å². The molecule has 124 valence electrons. The largest absolute Gasteiger partial charge is 0.361 e. The van der Waals surface area contributed by atoms with Gasteiger partial charge < -0.3 is 9.42 Å². The second-order valence-electron chi connectivity index (χ2n) is 7.98. The summed E-state index contributed by atoms with van der Waals surface area (Å²) in [7, 11) is -2.90. The summed E-state index contributed by atoms with van der Waals surface area (Å²) in [4.78, 5) is 2.31. The summed E-state index contributed by atoms with van der Waals surface area (Å²) in [5.41, 5.74) is 1.35. The SMILES string of the molecule is CC1(C)c2oncc2C[C@@]2(C)CN(CCS(C)(=O)=O)CCC12. The standard InChI is InChI=1S/C16H26N2O3S/c1-15(2)13-5-6-18(7-8-22(4,19)20)11-16(13,3)9-12-10-17-21-14(12)15/h10,13H,5-9,11H2,1-4H3/t13?,16-/m0/s1. The van der Waals surface area contributed by atoms with E-state index >= 15 is 0 Å². The van der Waals surface area contributed by atoms with Gasteiger partial charge in [-0.3, -0.25) is 0 Å². The third-order valence-electron chi connectivity index (χ3n) is 5.63. The van der Waals surface area contributed by atoms with E-state index in [2.05, 4.69) is 30.8 Å². The summed E-state index contributed by atoms with van der Waals surface area (Å²) in [6.45, 7) is 9.39. The Hall–Kier alpha value is -0.880. The average Bonchev–Trinajstić information content (AvgIpc) is 2.83. The van der Waals surface area contributed by atoms with Gasteiger partial charge in [0.1, 0.15) is 15.6 Å². The molecule has 0 aromatic carbocycles. The van der Waals surface area contributed by atoms with Crippen molar-refractivity contribution in [1.29, 1.82) is 0 Å². The molecule has 3 rings (SSSR count). The maximum Gasteiger partial charge on any atom is 0.148 e. The lowest BCUT2D eigenvalue weighted by Crippen LogP contribution is -2.56. The first kappa shape index (κ1) is 16.0. The van der Waals surface area contributed by atoms with Crippen LogP contribution in [0.1, 0.15) is 38.5 Å². The van der Waals surface area contributed by atoms with Crippen LogP contribution in [0.3, 0.4) is 0 Å². The maximum absolute atomic E-state index is 11.4. The molecule has 0 saturated carbocycles. The molecule has 0 radical (unpaired) electrons. The molecule has 2 atom stereocenters. The minimum Gasteiger partial charge on any atom is -0.361 e. The first-order chi connectivity index (χ1) is 10.1. The number of fused-ring (bicyclic) bond motifs is 2. The number of piperidine rings is 1. The van der Waals surface area contributed by atoms with Crippen molar-refractivity contribution in [3.8, 4) is 0 Å². The van der Waals surface area contributed by atoms with E-state index in [0.29, 0.717) is 12.5 Å². The van der Waals surface area contributed by atoms with Crippen LogP contribution >= 0.6 is 0 Å². The number of sulfone groups is 1. The number of hydrogen-bond donors (Lipinski definition) is 0. The Kier molecular flexibility index (Phi) is 3.68. The van der Waals surface area contributed by atoms with E-state index in [1.807, 2.05) is 6.20 Å². The maximum atomic E-state index is 11.4. The quantitative estimate of drug-likeness (QED) is 0.848. The average molecular weight is 326 g/mol. The molecule has 1 saturated heterocycles. The zero-order valence-electron chi connectivity index (χ0n) is 13.9. The molecule has 0 amide bonds. The van der Waals surface area contributed by atoms with Gasteiger partial charge in [0, 0.05) is 30.3 Å². The van der Waals surface area contributed by atoms with Gasteiger partial charge in [-0.15, -0.1) is 0 Å². The molecule has 6 heteroatoms. The summed E-state index contributed by atoms with van der Waals surface area (Å²) in [5.74, 6) is 1.82. The van der Waals surface area contributed by atoms with Crippen molar-refractivity contribution in [2.45, 2.75) is 39.0 Å². The Labute approximate surface area is 133 Å². The number of likely N-dealkylation sites (tertiary alicyclic amines) is 1. The van der Waals surface area contributed by atoms with Gasteiger partial charge in [0.05, 0.1) is 11.9 Å². The molecule has 2 heterocycles. The third kappa shape index (κ3) is 2.71. The van der Waals surface area contributed by atoms with Crippen LogP contribution < -0.4 is 0 Å². The Balaban J connectivity index is 1.82. The van der Waals surface area contributed by atoms with Gasteiger partial charge in [-0.2, -0.15) is 0 Å². The first-order valence-corrected chi connectivity index (χ1v) is 10.0. The second-order valence-corrected chi connectivity index (χ2v) is 10.2. The molecule has 0 bridgehead atoms. The fourth-order valence-corrected chi connectivity index (χ4v) is 5.36. The molecule has 1 aliphatic heterocycles. The van der Waals surface area contributed by atoms with Gasteiger partial charge in [0.2, 0.25) is 0 Å². The summed E-state index contributed by atoms with van der Waals surface area (Å²) < 4.78 is 28.4. The lowest BCUT2D eigenvalue weighted by atomic mass is 9.54. The highest BCUT2D eigenvalue weighted by Gasteiger charge is 2.53. The molecule has 0 spiro atoms. The van der Waals surface area contributed by atoms with Crippen LogP contribution in [0.5, 0.6) is 0 Å². The van der Waals surface area contributed by atoms with Crippen molar-refractivity contribution in [2.24, 2.45) is 11.3 Å². The van der Waals surface area contributed by atoms with Crippen molar-refractivity contribution >= 4 is 9.84 Å². The molecule has 22 heavy (non-hydrogen) atoms. The zero-order valence-corrected chi connectivity index (χ0v) is 14.7. The predicted octanol–water partition coefficient (Wildman–Crippen LogP) is 1.88. The highest BCUT2D eigenvalue weighted by Crippen LogP contribution is 2.53. The zero-order chi connectivity index (χ0) is 16.2. The summed E-state index contributed by atoms with van der Waals surface area (Å²) >= 11 is 0. The van der Waals surface area contributed by atoms with Crippen molar-refractivity contribution in [3.63, 3.8) is 0 Å². The molecule has 1 aromatic heterocycles. The predicted molar refractivity (Wildman–Crippen MR) is 85.6 cm³/mol. The minimum atomic E-state index is -2.90. The van der Waals surface area contributed by atoms with Crippen molar-refractivity contribution < 1.29 is 12.9 Å². The van der Waals surface area contributed by atoms with Crippen molar-refractivity contribution in [3.05, 3.63) is 17.5 Å². The molecule has 1 unspecified atom stereocenters. The molecule has 2 aliphatic rings. The van der Waals surface area contributed by atoms with E-state index in [4.69, 9.17) is 4.52 Å². The van der Waals surface area contributed by atoms with Crippen LogP contribution in [0.4, 0.5) is 0 Å². The molecular weight excluding hydrogens is 300 g/mol. The molecular formula is C16H26N2O3S. The highest BCUT2D eigenvalue weighted by atomic mass is 32.2. The normalized spacial score (nSPS) is 31.5. The molecule has 1 fully saturated rings. The number of hydrogen-bond acceptors (Lipinski definition) is 5. The Morgan fingerprint density at radius 2 is 2.14 bits per heavy atom. The van der Waals surface area contributed by atoms with Crippen LogP contribution in [0.15, 0.2) is 10.7 Å². The molecule has 1 aliphatic carbocycles. The lowest BCUT2D eigenvalue weighted by Gasteiger charge is -2.54. The van der Waals surface area contributed by atoms with Crippen LogP contribution in [0.2, 0.25) is 0 Å². The third-order valence-corrected chi connectivity index (χ3v) is 6.56. The Morgan fingerprint density at radius 1 is 1.41 bits per heavy atom. The van der Waals surface area contributed by atoms with Crippen molar-refractivity contribution in [2.75, 3.05) is 31.6 Å². The van der Waals surface area contributed by atoms with Gasteiger partial charge in [0.25, 0.3) is 0 Å². The molecule has 1 aromatic rings. The van der Waals surface area contributed by atoms with E-state index in [9.17, 15) is 8.42 Å². The summed E-state index contributed by atoms with van der Waals surface area (Å²) in [6, 6.07) is 0. The van der Waals surface area contributed by atoms with Crippen LogP contribution in [-0.2, 0) is 21.7 Å².